The number of nitrogens with zero attached hydrogens (tertiary/aromatic N) is 2. The largest absolute Gasteiger partial charge is 0.355 e. The van der Waals surface area contributed by atoms with E-state index in [-0.39, 0.29) is 0 Å². The van der Waals surface area contributed by atoms with Crippen molar-refractivity contribution < 1.29 is 0 Å². The van der Waals surface area contributed by atoms with Gasteiger partial charge in [0, 0.05) is 31.6 Å². The van der Waals surface area contributed by atoms with Gasteiger partial charge in [0.1, 0.15) is 0 Å². The van der Waals surface area contributed by atoms with E-state index in [1.165, 1.54) is 0 Å². The third-order valence-corrected chi connectivity index (χ3v) is 2.69. The molecule has 0 aromatic carbocycles. The van der Waals surface area contributed by atoms with E-state index in [0.717, 1.165) is 25.5 Å². The molecule has 0 saturated carbocycles. The van der Waals surface area contributed by atoms with Gasteiger partial charge >= 0.3 is 0 Å². The molecule has 3 nitrogen and oxygen atoms in total. The Balaban J connectivity index is 2.56. The van der Waals surface area contributed by atoms with E-state index >= 15 is 0 Å². The number of hydrogen-bond acceptors (Lipinski definition) is 2. The van der Waals surface area contributed by atoms with Gasteiger partial charge in [-0.15, -0.1) is 0 Å². The molecular weight excluding hydrogens is 162 g/mol. The summed E-state index contributed by atoms with van der Waals surface area (Å²) in [7, 11) is 2.15. The van der Waals surface area contributed by atoms with E-state index in [1.54, 1.807) is 0 Å². The second kappa shape index (κ2) is 4.09. The predicted molar refractivity (Wildman–Crippen MR) is 56.2 cm³/mol. The second-order valence-corrected chi connectivity index (χ2v) is 4.34. The molecule has 1 rings (SSSR count). The molecule has 1 saturated heterocycles. The lowest BCUT2D eigenvalue weighted by Gasteiger charge is -2.40. The summed E-state index contributed by atoms with van der Waals surface area (Å²) in [4.78, 5) is 4.56. The number of piperazine rings is 1. The Hall–Kier alpha value is -0.570. The summed E-state index contributed by atoms with van der Waals surface area (Å²) >= 11 is 0. The van der Waals surface area contributed by atoms with Crippen LogP contribution >= 0.6 is 0 Å². The molecule has 1 atom stereocenters. The Morgan fingerprint density at radius 2 is 2.00 bits per heavy atom. The zero-order valence-electron chi connectivity index (χ0n) is 9.17. The highest BCUT2D eigenvalue weighted by Crippen LogP contribution is 2.11. The maximum absolute atomic E-state index is 7.94. The van der Waals surface area contributed by atoms with Crippen LogP contribution in [0.5, 0.6) is 0 Å². The molecule has 13 heavy (non-hydrogen) atoms. The normalized spacial score (nSPS) is 25.3. The smallest absolute Gasteiger partial charge is 0.0987 e. The maximum atomic E-state index is 7.94. The minimum Gasteiger partial charge on any atom is -0.355 e. The molecule has 1 fully saturated rings. The van der Waals surface area contributed by atoms with Gasteiger partial charge in [0.15, 0.2) is 0 Å². The van der Waals surface area contributed by atoms with Crippen LogP contribution in [0.1, 0.15) is 20.8 Å². The lowest BCUT2D eigenvalue weighted by molar-refractivity contribution is 0.156. The van der Waals surface area contributed by atoms with E-state index in [0.29, 0.717) is 12.0 Å². The summed E-state index contributed by atoms with van der Waals surface area (Å²) in [5.41, 5.74) is 0. The fourth-order valence-corrected chi connectivity index (χ4v) is 1.83. The Morgan fingerprint density at radius 3 is 2.46 bits per heavy atom. The van der Waals surface area contributed by atoms with Gasteiger partial charge in [-0.05, 0) is 14.0 Å². The van der Waals surface area contributed by atoms with Crippen LogP contribution in [0.2, 0.25) is 0 Å². The van der Waals surface area contributed by atoms with Gasteiger partial charge in [-0.2, -0.15) is 0 Å². The topological polar surface area (TPSA) is 30.3 Å². The minimum atomic E-state index is 0.353. The average Bonchev–Trinajstić information content (AvgIpc) is 2.03. The van der Waals surface area contributed by atoms with Gasteiger partial charge in [0.05, 0.1) is 5.84 Å². The van der Waals surface area contributed by atoms with Crippen molar-refractivity contribution in [1.82, 2.24) is 9.80 Å². The first-order chi connectivity index (χ1) is 6.02. The Morgan fingerprint density at radius 1 is 1.38 bits per heavy atom. The van der Waals surface area contributed by atoms with Crippen LogP contribution in [-0.2, 0) is 0 Å². The van der Waals surface area contributed by atoms with E-state index in [1.807, 2.05) is 0 Å². The number of hydrogen-bond donors (Lipinski definition) is 1. The highest BCUT2D eigenvalue weighted by molar-refractivity contribution is 5.81. The molecule has 1 heterocycles. The third kappa shape index (κ3) is 2.44. The number of nitrogens with one attached hydrogen (secondary N) is 1. The third-order valence-electron chi connectivity index (χ3n) is 2.69. The van der Waals surface area contributed by atoms with E-state index in [2.05, 4.69) is 37.6 Å². The molecule has 1 N–H and O–H groups in total. The van der Waals surface area contributed by atoms with E-state index in [4.69, 9.17) is 5.41 Å². The molecule has 3 heteroatoms. The predicted octanol–water partition coefficient (Wildman–Crippen LogP) is 1.26. The zero-order valence-corrected chi connectivity index (χ0v) is 9.17. The van der Waals surface area contributed by atoms with Crippen molar-refractivity contribution in [1.29, 1.82) is 5.41 Å². The maximum Gasteiger partial charge on any atom is 0.0987 e. The van der Waals surface area contributed by atoms with Crippen LogP contribution in [0.3, 0.4) is 0 Å². The summed E-state index contributed by atoms with van der Waals surface area (Å²) in [6.07, 6.45) is 0. The lowest BCUT2D eigenvalue weighted by atomic mass is 10.1. The molecule has 0 amide bonds. The molecule has 1 aliphatic heterocycles. The van der Waals surface area contributed by atoms with Gasteiger partial charge in [0.25, 0.3) is 0 Å². The van der Waals surface area contributed by atoms with Crippen LogP contribution in [0, 0.1) is 11.3 Å². The van der Waals surface area contributed by atoms with E-state index < -0.39 is 0 Å². The highest BCUT2D eigenvalue weighted by Gasteiger charge is 2.24. The Bertz CT molecular complexity index is 189. The molecule has 1 unspecified atom stereocenters. The summed E-state index contributed by atoms with van der Waals surface area (Å²) in [5, 5.41) is 7.94. The van der Waals surface area contributed by atoms with Crippen molar-refractivity contribution in [3.8, 4) is 0 Å². The number of likely N-dealkylation sites (N-methyl/N-ethyl adjacent to an activating group) is 1. The van der Waals surface area contributed by atoms with Gasteiger partial charge in [0.2, 0.25) is 0 Å². The lowest BCUT2D eigenvalue weighted by Crippen LogP contribution is -2.53. The van der Waals surface area contributed by atoms with Crippen molar-refractivity contribution in [2.24, 2.45) is 5.92 Å². The first-order valence-corrected chi connectivity index (χ1v) is 5.06. The Labute approximate surface area is 81.2 Å². The van der Waals surface area contributed by atoms with Crippen LogP contribution in [0.15, 0.2) is 0 Å². The fraction of sp³-hybridized carbons (Fsp3) is 0.900. The summed E-state index contributed by atoms with van der Waals surface area (Å²) in [6.45, 7) is 9.55. The molecule has 0 spiro atoms. The van der Waals surface area contributed by atoms with E-state index in [9.17, 15) is 0 Å². The number of amidine groups is 1. The summed E-state index contributed by atoms with van der Waals surface area (Å²) < 4.78 is 0. The van der Waals surface area contributed by atoms with Crippen molar-refractivity contribution in [3.63, 3.8) is 0 Å². The van der Waals surface area contributed by atoms with Crippen LogP contribution < -0.4 is 0 Å². The first-order valence-electron chi connectivity index (χ1n) is 5.06. The van der Waals surface area contributed by atoms with Gasteiger partial charge in [-0.1, -0.05) is 13.8 Å². The van der Waals surface area contributed by atoms with Crippen LogP contribution in [0.4, 0.5) is 0 Å². The highest BCUT2D eigenvalue weighted by atomic mass is 15.3. The van der Waals surface area contributed by atoms with Crippen molar-refractivity contribution >= 4 is 5.84 Å². The molecule has 1 aliphatic rings. The molecular formula is C10H21N3. The standard InChI is InChI=1S/C10H21N3/c1-8(2)10(11)13-6-5-12(4)7-9(13)3/h8-9,11H,5-7H2,1-4H3. The number of rotatable bonds is 1. The van der Waals surface area contributed by atoms with Crippen LogP contribution in [0.25, 0.3) is 0 Å². The summed E-state index contributed by atoms with van der Waals surface area (Å²) in [5.74, 6) is 1.14. The molecule has 0 radical (unpaired) electrons. The van der Waals surface area contributed by atoms with Crippen molar-refractivity contribution in [2.75, 3.05) is 26.7 Å². The molecule has 0 aliphatic carbocycles. The average molecular weight is 183 g/mol. The zero-order chi connectivity index (χ0) is 10.0. The Kier molecular flexibility index (Phi) is 3.31. The minimum absolute atomic E-state index is 0.353. The molecule has 0 bridgehead atoms. The fourth-order valence-electron chi connectivity index (χ4n) is 1.83. The van der Waals surface area contributed by atoms with Gasteiger partial charge < -0.3 is 9.80 Å². The van der Waals surface area contributed by atoms with Crippen LogP contribution in [-0.4, -0.2) is 48.4 Å². The second-order valence-electron chi connectivity index (χ2n) is 4.34. The van der Waals surface area contributed by atoms with Gasteiger partial charge in [-0.3, -0.25) is 5.41 Å². The first kappa shape index (κ1) is 10.5. The SMILES string of the molecule is CC(C)C(=N)N1CCN(C)CC1C. The molecule has 76 valence electrons. The quantitative estimate of drug-likeness (QED) is 0.490. The molecule has 0 aromatic heterocycles. The van der Waals surface area contributed by atoms with Gasteiger partial charge in [-0.25, -0.2) is 0 Å². The van der Waals surface area contributed by atoms with Crippen molar-refractivity contribution in [3.05, 3.63) is 0 Å². The summed E-state index contributed by atoms with van der Waals surface area (Å²) in [6, 6.07) is 0.494. The monoisotopic (exact) mass is 183 g/mol. The molecule has 0 aromatic rings. The van der Waals surface area contributed by atoms with Crippen molar-refractivity contribution in [2.45, 2.75) is 26.8 Å².